The number of nitrogens with one attached hydrogen (secondary N) is 1. The molecule has 0 radical (unpaired) electrons. The van der Waals surface area contributed by atoms with E-state index >= 15 is 0 Å². The zero-order valence-corrected chi connectivity index (χ0v) is 16.9. The quantitative estimate of drug-likeness (QED) is 0.708. The Morgan fingerprint density at radius 1 is 1.04 bits per heavy atom. The Hall–Kier alpha value is -2.63. The maximum absolute atomic E-state index is 13.1. The van der Waals surface area contributed by atoms with Crippen molar-refractivity contribution in [1.82, 2.24) is 4.90 Å². The number of anilines is 1. The summed E-state index contributed by atoms with van der Waals surface area (Å²) >= 11 is 6.21. The number of benzene rings is 2. The Morgan fingerprint density at radius 3 is 2.43 bits per heavy atom. The van der Waals surface area contributed by atoms with Crippen molar-refractivity contribution in [2.45, 2.75) is 26.9 Å². The fraction of sp³-hybridized carbons (Fsp3) is 0.273. The lowest BCUT2D eigenvalue weighted by molar-refractivity contribution is -0.137. The van der Waals surface area contributed by atoms with Gasteiger partial charge in [0.05, 0.1) is 24.8 Å². The fourth-order valence-corrected chi connectivity index (χ4v) is 3.20. The molecule has 2 aromatic carbocycles. The fourth-order valence-electron chi connectivity index (χ4n) is 3.02. The Bertz CT molecular complexity index is 923. The van der Waals surface area contributed by atoms with Crippen LogP contribution in [0.15, 0.2) is 54.2 Å². The minimum absolute atomic E-state index is 0.0288. The summed E-state index contributed by atoms with van der Waals surface area (Å²) in [7, 11) is 0. The van der Waals surface area contributed by atoms with Crippen molar-refractivity contribution in [1.29, 1.82) is 0 Å². The van der Waals surface area contributed by atoms with Gasteiger partial charge >= 0.3 is 0 Å². The molecule has 1 N–H and O–H groups in total. The maximum atomic E-state index is 13.1. The van der Waals surface area contributed by atoms with E-state index in [-0.39, 0.29) is 30.2 Å². The van der Waals surface area contributed by atoms with Crippen LogP contribution in [-0.2, 0) is 14.3 Å². The van der Waals surface area contributed by atoms with Gasteiger partial charge in [-0.3, -0.25) is 14.5 Å². The number of imide groups is 1. The van der Waals surface area contributed by atoms with Gasteiger partial charge in [-0.25, -0.2) is 0 Å². The van der Waals surface area contributed by atoms with E-state index in [1.54, 1.807) is 12.1 Å². The molecule has 0 aliphatic carbocycles. The number of hydrogen-bond acceptors (Lipinski definition) is 4. The molecule has 5 nitrogen and oxygen atoms in total. The van der Waals surface area contributed by atoms with Gasteiger partial charge in [-0.15, -0.1) is 0 Å². The van der Waals surface area contributed by atoms with Crippen LogP contribution in [0.3, 0.4) is 0 Å². The molecule has 0 spiro atoms. The first kappa shape index (κ1) is 20.1. The summed E-state index contributed by atoms with van der Waals surface area (Å²) in [4.78, 5) is 27.4. The highest BCUT2D eigenvalue weighted by atomic mass is 35.5. The highest BCUT2D eigenvalue weighted by Crippen LogP contribution is 2.32. The molecule has 0 fully saturated rings. The van der Waals surface area contributed by atoms with Crippen molar-refractivity contribution < 1.29 is 14.3 Å². The summed E-state index contributed by atoms with van der Waals surface area (Å²) in [5, 5.41) is 3.74. The highest BCUT2D eigenvalue weighted by molar-refractivity contribution is 6.36. The number of halogens is 1. The molecular weight excluding hydrogens is 376 g/mol. The maximum Gasteiger partial charge on any atom is 0.278 e. The molecule has 0 bridgehead atoms. The summed E-state index contributed by atoms with van der Waals surface area (Å²) in [6, 6.07) is 14.6. The van der Waals surface area contributed by atoms with Crippen LogP contribution in [0.2, 0.25) is 5.02 Å². The summed E-state index contributed by atoms with van der Waals surface area (Å²) < 4.78 is 5.53. The molecule has 0 saturated heterocycles. The van der Waals surface area contributed by atoms with E-state index in [4.69, 9.17) is 16.3 Å². The predicted octanol–water partition coefficient (Wildman–Crippen LogP) is 4.27. The van der Waals surface area contributed by atoms with Gasteiger partial charge < -0.3 is 10.1 Å². The SMILES string of the molecule is Cc1c(Cl)cccc1NC1=C(c2ccccc2)C(=O)N(CCOC(C)C)C1=O. The number of hydrogen-bond donors (Lipinski definition) is 1. The van der Waals surface area contributed by atoms with E-state index in [1.165, 1.54) is 4.90 Å². The van der Waals surface area contributed by atoms with Crippen molar-refractivity contribution in [3.63, 3.8) is 0 Å². The molecule has 0 saturated carbocycles. The number of nitrogens with zero attached hydrogens (tertiary/aromatic N) is 1. The Morgan fingerprint density at radius 2 is 1.75 bits per heavy atom. The summed E-state index contributed by atoms with van der Waals surface area (Å²) in [5.74, 6) is -0.693. The average Bonchev–Trinajstić information content (AvgIpc) is 2.90. The Balaban J connectivity index is 1.98. The summed E-state index contributed by atoms with van der Waals surface area (Å²) in [5.41, 5.74) is 2.80. The van der Waals surface area contributed by atoms with Crippen molar-refractivity contribution in [3.05, 3.63) is 70.4 Å². The van der Waals surface area contributed by atoms with Crippen molar-refractivity contribution >= 4 is 34.7 Å². The van der Waals surface area contributed by atoms with Crippen LogP contribution in [-0.4, -0.2) is 36.0 Å². The minimum Gasteiger partial charge on any atom is -0.377 e. The molecule has 0 unspecified atom stereocenters. The molecule has 146 valence electrons. The van der Waals surface area contributed by atoms with Crippen LogP contribution in [0.5, 0.6) is 0 Å². The van der Waals surface area contributed by atoms with Crippen LogP contribution in [0.25, 0.3) is 5.57 Å². The second kappa shape index (κ2) is 8.59. The predicted molar refractivity (Wildman–Crippen MR) is 111 cm³/mol. The van der Waals surface area contributed by atoms with Crippen molar-refractivity contribution in [2.75, 3.05) is 18.5 Å². The van der Waals surface area contributed by atoms with Gasteiger partial charge in [0.15, 0.2) is 0 Å². The molecule has 3 rings (SSSR count). The molecule has 2 amide bonds. The van der Waals surface area contributed by atoms with Crippen LogP contribution in [0.1, 0.15) is 25.0 Å². The third-order valence-corrected chi connectivity index (χ3v) is 4.93. The lowest BCUT2D eigenvalue weighted by Gasteiger charge is -2.17. The van der Waals surface area contributed by atoms with Crippen molar-refractivity contribution in [3.8, 4) is 0 Å². The molecule has 1 aliphatic heterocycles. The number of carbonyl (C=O) groups is 2. The van der Waals surface area contributed by atoms with Gasteiger partial charge in [0, 0.05) is 10.7 Å². The van der Waals surface area contributed by atoms with E-state index in [0.29, 0.717) is 28.5 Å². The van der Waals surface area contributed by atoms with E-state index in [2.05, 4.69) is 5.32 Å². The van der Waals surface area contributed by atoms with E-state index in [9.17, 15) is 9.59 Å². The monoisotopic (exact) mass is 398 g/mol. The third kappa shape index (κ3) is 4.11. The molecule has 0 aromatic heterocycles. The number of ether oxygens (including phenoxy) is 1. The molecular formula is C22H23ClN2O3. The van der Waals surface area contributed by atoms with Gasteiger partial charge in [-0.05, 0) is 44.0 Å². The van der Waals surface area contributed by atoms with Crippen LogP contribution in [0.4, 0.5) is 5.69 Å². The molecule has 1 aliphatic rings. The van der Waals surface area contributed by atoms with E-state index < -0.39 is 0 Å². The largest absolute Gasteiger partial charge is 0.377 e. The standard InChI is InChI=1S/C22H23ClN2O3/c1-14(2)28-13-12-25-21(26)19(16-8-5-4-6-9-16)20(22(25)27)24-18-11-7-10-17(23)15(18)3/h4-11,14,24H,12-13H2,1-3H3. The smallest absolute Gasteiger partial charge is 0.278 e. The lowest BCUT2D eigenvalue weighted by Crippen LogP contribution is -2.35. The van der Waals surface area contributed by atoms with Gasteiger partial charge in [-0.1, -0.05) is 48.0 Å². The number of rotatable bonds is 7. The van der Waals surface area contributed by atoms with Gasteiger partial charge in [0.1, 0.15) is 5.70 Å². The van der Waals surface area contributed by atoms with Gasteiger partial charge in [0.25, 0.3) is 11.8 Å². The lowest BCUT2D eigenvalue weighted by atomic mass is 10.0. The van der Waals surface area contributed by atoms with Crippen molar-refractivity contribution in [2.24, 2.45) is 0 Å². The first-order valence-corrected chi connectivity index (χ1v) is 9.57. The van der Waals surface area contributed by atoms with E-state index in [1.807, 2.05) is 57.2 Å². The molecule has 6 heteroatoms. The minimum atomic E-state index is -0.365. The van der Waals surface area contributed by atoms with Crippen LogP contribution < -0.4 is 5.32 Å². The zero-order chi connectivity index (χ0) is 20.3. The average molecular weight is 399 g/mol. The normalized spacial score (nSPS) is 14.4. The van der Waals surface area contributed by atoms with Gasteiger partial charge in [-0.2, -0.15) is 0 Å². The first-order valence-electron chi connectivity index (χ1n) is 9.19. The van der Waals surface area contributed by atoms with E-state index in [0.717, 1.165) is 5.56 Å². The van der Waals surface area contributed by atoms with Gasteiger partial charge in [0.2, 0.25) is 0 Å². The second-order valence-corrected chi connectivity index (χ2v) is 7.24. The van der Waals surface area contributed by atoms with Crippen LogP contribution >= 0.6 is 11.6 Å². The highest BCUT2D eigenvalue weighted by Gasteiger charge is 2.39. The Labute approximate surface area is 169 Å². The molecule has 28 heavy (non-hydrogen) atoms. The number of amides is 2. The first-order chi connectivity index (χ1) is 13.4. The third-order valence-electron chi connectivity index (χ3n) is 4.52. The summed E-state index contributed by atoms with van der Waals surface area (Å²) in [6.45, 7) is 6.18. The Kier molecular flexibility index (Phi) is 6.17. The van der Waals surface area contributed by atoms with Crippen LogP contribution in [0, 0.1) is 6.92 Å². The zero-order valence-electron chi connectivity index (χ0n) is 16.2. The molecule has 1 heterocycles. The second-order valence-electron chi connectivity index (χ2n) is 6.83. The topological polar surface area (TPSA) is 58.6 Å². The number of carbonyl (C=O) groups excluding carboxylic acids is 2. The summed E-state index contributed by atoms with van der Waals surface area (Å²) in [6.07, 6.45) is 0.0288. The molecule has 2 aromatic rings. The molecule has 0 atom stereocenters.